The minimum atomic E-state index is -0.223. The number of aromatic amines is 1. The van der Waals surface area contributed by atoms with Crippen LogP contribution in [0.4, 0.5) is 4.39 Å². The van der Waals surface area contributed by atoms with E-state index < -0.39 is 0 Å². The molecule has 1 fully saturated rings. The van der Waals surface area contributed by atoms with Crippen LogP contribution >= 0.6 is 15.9 Å². The largest absolute Gasteiger partial charge is 0.395 e. The van der Waals surface area contributed by atoms with Crippen molar-refractivity contribution < 1.29 is 9.50 Å². The molecule has 2 N–H and O–H groups in total. The summed E-state index contributed by atoms with van der Waals surface area (Å²) in [4.78, 5) is 5.53. The first kappa shape index (κ1) is 14.0. The molecule has 20 heavy (non-hydrogen) atoms. The molecule has 0 aliphatic carbocycles. The van der Waals surface area contributed by atoms with Gasteiger partial charge in [-0.2, -0.15) is 0 Å². The van der Waals surface area contributed by atoms with Crippen molar-refractivity contribution in [2.75, 3.05) is 19.7 Å². The molecule has 1 atom stereocenters. The van der Waals surface area contributed by atoms with E-state index in [1.54, 1.807) is 6.07 Å². The minimum absolute atomic E-state index is 0.223. The van der Waals surface area contributed by atoms with Gasteiger partial charge in [-0.1, -0.05) is 0 Å². The van der Waals surface area contributed by atoms with Crippen LogP contribution in [0.1, 0.15) is 18.4 Å². The maximum Gasteiger partial charge on any atom is 0.125 e. The standard InChI is InChI=1S/C15H18BrFN2O/c16-14-7-11(17)6-13-10(8-18-15(13)14)3-5-19-4-1-2-12(19)9-20/h6-8,12,18,20H,1-5,9H2. The Hall–Kier alpha value is -0.910. The van der Waals surface area contributed by atoms with Crippen molar-refractivity contribution in [1.82, 2.24) is 9.88 Å². The van der Waals surface area contributed by atoms with Gasteiger partial charge in [0.25, 0.3) is 0 Å². The number of likely N-dealkylation sites (tertiary alicyclic amines) is 1. The van der Waals surface area contributed by atoms with E-state index in [0.717, 1.165) is 53.3 Å². The zero-order valence-corrected chi connectivity index (χ0v) is 12.8. The van der Waals surface area contributed by atoms with Crippen LogP contribution < -0.4 is 0 Å². The van der Waals surface area contributed by atoms with E-state index in [-0.39, 0.29) is 12.4 Å². The van der Waals surface area contributed by atoms with Crippen LogP contribution in [0, 0.1) is 5.82 Å². The van der Waals surface area contributed by atoms with Gasteiger partial charge < -0.3 is 10.1 Å². The summed E-state index contributed by atoms with van der Waals surface area (Å²) >= 11 is 3.38. The van der Waals surface area contributed by atoms with Crippen LogP contribution in [0.3, 0.4) is 0 Å². The Morgan fingerprint density at radius 1 is 1.45 bits per heavy atom. The molecule has 0 radical (unpaired) electrons. The van der Waals surface area contributed by atoms with E-state index in [1.165, 1.54) is 6.07 Å². The van der Waals surface area contributed by atoms with Crippen molar-refractivity contribution in [3.05, 3.63) is 34.2 Å². The van der Waals surface area contributed by atoms with Gasteiger partial charge >= 0.3 is 0 Å². The molecule has 1 aromatic carbocycles. The van der Waals surface area contributed by atoms with Crippen molar-refractivity contribution >= 4 is 26.8 Å². The number of nitrogens with zero attached hydrogens (tertiary/aromatic N) is 1. The predicted molar refractivity (Wildman–Crippen MR) is 81.3 cm³/mol. The Bertz CT molecular complexity index is 613. The molecule has 0 saturated carbocycles. The zero-order chi connectivity index (χ0) is 14.1. The van der Waals surface area contributed by atoms with E-state index >= 15 is 0 Å². The summed E-state index contributed by atoms with van der Waals surface area (Å²) in [5.74, 6) is -0.223. The number of halogens is 2. The van der Waals surface area contributed by atoms with Gasteiger partial charge in [0.1, 0.15) is 5.82 Å². The number of aliphatic hydroxyl groups excluding tert-OH is 1. The maximum absolute atomic E-state index is 13.5. The van der Waals surface area contributed by atoms with Crippen molar-refractivity contribution in [1.29, 1.82) is 0 Å². The number of hydrogen-bond acceptors (Lipinski definition) is 2. The maximum atomic E-state index is 13.5. The highest BCUT2D eigenvalue weighted by atomic mass is 79.9. The summed E-state index contributed by atoms with van der Waals surface area (Å²) in [5.41, 5.74) is 2.07. The smallest absolute Gasteiger partial charge is 0.125 e. The number of aromatic nitrogens is 1. The average Bonchev–Trinajstić information content (AvgIpc) is 3.02. The molecule has 3 nitrogen and oxygen atoms in total. The fourth-order valence-electron chi connectivity index (χ4n) is 3.08. The molecule has 5 heteroatoms. The summed E-state index contributed by atoms with van der Waals surface area (Å²) in [6.07, 6.45) is 5.05. The number of nitrogens with one attached hydrogen (secondary N) is 1. The quantitative estimate of drug-likeness (QED) is 0.897. The van der Waals surface area contributed by atoms with Crippen molar-refractivity contribution in [3.63, 3.8) is 0 Å². The Morgan fingerprint density at radius 2 is 2.30 bits per heavy atom. The van der Waals surface area contributed by atoms with Crippen LogP contribution in [0.2, 0.25) is 0 Å². The molecule has 1 saturated heterocycles. The molecule has 1 unspecified atom stereocenters. The number of aliphatic hydroxyl groups is 1. The Kier molecular flexibility index (Phi) is 4.10. The van der Waals surface area contributed by atoms with Crippen molar-refractivity contribution in [2.45, 2.75) is 25.3 Å². The third-order valence-electron chi connectivity index (χ3n) is 4.17. The SMILES string of the molecule is OCC1CCCN1CCc1c[nH]c2c(Br)cc(F)cc12. The first-order valence-corrected chi connectivity index (χ1v) is 7.78. The number of rotatable bonds is 4. The lowest BCUT2D eigenvalue weighted by Crippen LogP contribution is -2.33. The minimum Gasteiger partial charge on any atom is -0.395 e. The third-order valence-corrected chi connectivity index (χ3v) is 4.80. The van der Waals surface area contributed by atoms with E-state index in [2.05, 4.69) is 25.8 Å². The fourth-order valence-corrected chi connectivity index (χ4v) is 3.62. The number of H-pyrrole nitrogens is 1. The monoisotopic (exact) mass is 340 g/mol. The summed E-state index contributed by atoms with van der Waals surface area (Å²) in [6.45, 7) is 2.19. The summed E-state index contributed by atoms with van der Waals surface area (Å²) in [6, 6.07) is 3.35. The molecular formula is C15H18BrFN2O. The normalized spacial score (nSPS) is 20.1. The topological polar surface area (TPSA) is 39.3 Å². The molecule has 1 aromatic heterocycles. The van der Waals surface area contributed by atoms with Crippen molar-refractivity contribution in [2.24, 2.45) is 0 Å². The first-order chi connectivity index (χ1) is 9.69. The van der Waals surface area contributed by atoms with Gasteiger partial charge in [-0.05, 0) is 59.4 Å². The molecule has 2 aromatic rings. The van der Waals surface area contributed by atoms with Crippen LogP contribution in [0.15, 0.2) is 22.8 Å². The summed E-state index contributed by atoms with van der Waals surface area (Å²) in [5, 5.41) is 10.3. The van der Waals surface area contributed by atoms with E-state index in [0.29, 0.717) is 6.04 Å². The lowest BCUT2D eigenvalue weighted by molar-refractivity contribution is 0.160. The molecular weight excluding hydrogens is 323 g/mol. The molecule has 0 amide bonds. The van der Waals surface area contributed by atoms with Gasteiger partial charge in [-0.15, -0.1) is 0 Å². The lowest BCUT2D eigenvalue weighted by Gasteiger charge is -2.22. The number of benzene rings is 1. The fraction of sp³-hybridized carbons (Fsp3) is 0.467. The van der Waals surface area contributed by atoms with Gasteiger partial charge in [0, 0.05) is 28.6 Å². The second-order valence-electron chi connectivity index (χ2n) is 5.39. The summed E-state index contributed by atoms with van der Waals surface area (Å²) < 4.78 is 14.3. The Labute approximate surface area is 125 Å². The second-order valence-corrected chi connectivity index (χ2v) is 6.24. The second kappa shape index (κ2) is 5.84. The van der Waals surface area contributed by atoms with Gasteiger partial charge in [-0.25, -0.2) is 4.39 Å². The Balaban J connectivity index is 1.78. The lowest BCUT2D eigenvalue weighted by atomic mass is 10.1. The Morgan fingerprint density at radius 3 is 3.10 bits per heavy atom. The van der Waals surface area contributed by atoms with Gasteiger partial charge in [0.2, 0.25) is 0 Å². The van der Waals surface area contributed by atoms with E-state index in [1.807, 2.05) is 6.20 Å². The molecule has 2 heterocycles. The zero-order valence-electron chi connectivity index (χ0n) is 11.2. The molecule has 108 valence electrons. The van der Waals surface area contributed by atoms with Crippen LogP contribution in [-0.4, -0.2) is 40.7 Å². The highest BCUT2D eigenvalue weighted by Gasteiger charge is 2.23. The van der Waals surface area contributed by atoms with Crippen LogP contribution in [0.5, 0.6) is 0 Å². The van der Waals surface area contributed by atoms with E-state index in [9.17, 15) is 9.50 Å². The molecule has 0 bridgehead atoms. The van der Waals surface area contributed by atoms with Crippen molar-refractivity contribution in [3.8, 4) is 0 Å². The number of fused-ring (bicyclic) bond motifs is 1. The first-order valence-electron chi connectivity index (χ1n) is 6.99. The highest BCUT2D eigenvalue weighted by Crippen LogP contribution is 2.28. The third kappa shape index (κ3) is 2.62. The van der Waals surface area contributed by atoms with Gasteiger partial charge in [0.15, 0.2) is 0 Å². The molecule has 0 spiro atoms. The highest BCUT2D eigenvalue weighted by molar-refractivity contribution is 9.10. The van der Waals surface area contributed by atoms with Crippen LogP contribution in [0.25, 0.3) is 10.9 Å². The van der Waals surface area contributed by atoms with Crippen LogP contribution in [-0.2, 0) is 6.42 Å². The molecule has 3 rings (SSSR count). The number of hydrogen-bond donors (Lipinski definition) is 2. The molecule has 1 aliphatic heterocycles. The van der Waals surface area contributed by atoms with Gasteiger partial charge in [0.05, 0.1) is 12.1 Å². The predicted octanol–water partition coefficient (Wildman–Crippen LogP) is 3.07. The summed E-state index contributed by atoms with van der Waals surface area (Å²) in [7, 11) is 0. The van der Waals surface area contributed by atoms with Gasteiger partial charge in [-0.3, -0.25) is 4.90 Å². The average molecular weight is 341 g/mol. The van der Waals surface area contributed by atoms with E-state index in [4.69, 9.17) is 0 Å². The molecule has 1 aliphatic rings.